The molecule has 0 aliphatic heterocycles. The van der Waals surface area contributed by atoms with E-state index in [1.807, 2.05) is 0 Å². The van der Waals surface area contributed by atoms with Crippen molar-refractivity contribution in [3.8, 4) is 17.2 Å². The third-order valence-electron chi connectivity index (χ3n) is 4.00. The number of aliphatic hydroxyl groups is 1. The number of aliphatic hydroxyl groups excluding tert-OH is 1. The highest BCUT2D eigenvalue weighted by Gasteiger charge is 2.03. The summed E-state index contributed by atoms with van der Waals surface area (Å²) < 4.78 is 5.08. The molecule has 0 amide bonds. The lowest BCUT2D eigenvalue weighted by molar-refractivity contribution is 0.275. The fourth-order valence-electron chi connectivity index (χ4n) is 2.50. The number of hydrazine groups is 1. The van der Waals surface area contributed by atoms with E-state index in [1.54, 1.807) is 48.6 Å². The largest absolute Gasteiger partial charge is 0.508 e. The van der Waals surface area contributed by atoms with Crippen molar-refractivity contribution in [2.75, 3.05) is 7.11 Å². The van der Waals surface area contributed by atoms with Crippen molar-refractivity contribution in [2.24, 2.45) is 10.9 Å². The molecular formula is C21H24N4O4. The molecule has 0 saturated heterocycles. The molecule has 0 aliphatic carbocycles. The summed E-state index contributed by atoms with van der Waals surface area (Å²) in [6.45, 7) is -0.267. The van der Waals surface area contributed by atoms with Gasteiger partial charge in [0.25, 0.3) is 0 Å². The van der Waals surface area contributed by atoms with E-state index in [2.05, 4.69) is 10.6 Å². The summed E-state index contributed by atoms with van der Waals surface area (Å²) in [6, 6.07) is 9.75. The first-order valence-corrected chi connectivity index (χ1v) is 8.72. The van der Waals surface area contributed by atoms with Gasteiger partial charge in [-0.25, -0.2) is 11.4 Å². The number of methoxy groups -OCH3 is 1. The van der Waals surface area contributed by atoms with Crippen LogP contribution in [-0.2, 0) is 6.61 Å². The van der Waals surface area contributed by atoms with Crippen LogP contribution in [0.3, 0.4) is 0 Å². The van der Waals surface area contributed by atoms with Crippen molar-refractivity contribution in [1.29, 1.82) is 5.41 Å². The van der Waals surface area contributed by atoms with E-state index in [9.17, 15) is 15.3 Å². The summed E-state index contributed by atoms with van der Waals surface area (Å²) >= 11 is 0. The molecule has 0 atom stereocenters. The lowest BCUT2D eigenvalue weighted by Gasteiger charge is -2.04. The van der Waals surface area contributed by atoms with Gasteiger partial charge in [-0.15, -0.1) is 0 Å². The first-order chi connectivity index (χ1) is 14.0. The van der Waals surface area contributed by atoms with Crippen molar-refractivity contribution in [3.63, 3.8) is 0 Å². The molecule has 0 aromatic heterocycles. The number of hydrogen-bond donors (Lipinski definition) is 6. The second-order valence-corrected chi connectivity index (χ2v) is 6.08. The van der Waals surface area contributed by atoms with E-state index in [0.717, 1.165) is 11.1 Å². The minimum absolute atomic E-state index is 0.0270. The zero-order valence-corrected chi connectivity index (χ0v) is 16.0. The summed E-state index contributed by atoms with van der Waals surface area (Å²) in [5.41, 5.74) is 4.99. The number of phenolic OH excluding ortho intramolecular Hbond substituents is 1. The normalized spacial score (nSPS) is 11.9. The Kier molecular flexibility index (Phi) is 7.96. The van der Waals surface area contributed by atoms with Gasteiger partial charge in [0.05, 0.1) is 19.4 Å². The van der Waals surface area contributed by atoms with Crippen LogP contribution in [0.15, 0.2) is 53.7 Å². The molecule has 2 aromatic rings. The number of benzene rings is 2. The van der Waals surface area contributed by atoms with Crippen LogP contribution in [0.5, 0.6) is 17.2 Å². The van der Waals surface area contributed by atoms with Crippen molar-refractivity contribution in [3.05, 3.63) is 65.2 Å². The maximum Gasteiger partial charge on any atom is 0.161 e. The number of hydrazone groups is 1. The summed E-state index contributed by atoms with van der Waals surface area (Å²) in [5.74, 6) is 5.72. The van der Waals surface area contributed by atoms with Crippen molar-refractivity contribution in [2.45, 2.75) is 13.0 Å². The number of phenols is 2. The van der Waals surface area contributed by atoms with Gasteiger partial charge in [0.1, 0.15) is 5.75 Å². The number of rotatable bonds is 9. The van der Waals surface area contributed by atoms with Crippen molar-refractivity contribution < 1.29 is 20.1 Å². The van der Waals surface area contributed by atoms with Gasteiger partial charge < -0.3 is 25.5 Å². The Morgan fingerprint density at radius 3 is 2.41 bits per heavy atom. The Bertz CT molecular complexity index is 952. The Labute approximate surface area is 168 Å². The molecule has 0 heterocycles. The van der Waals surface area contributed by atoms with Gasteiger partial charge in [0.15, 0.2) is 11.5 Å². The molecule has 0 spiro atoms. The zero-order chi connectivity index (χ0) is 21.2. The summed E-state index contributed by atoms with van der Waals surface area (Å²) in [4.78, 5) is 0. The molecule has 0 fully saturated rings. The van der Waals surface area contributed by atoms with E-state index < -0.39 is 0 Å². The highest BCUT2D eigenvalue weighted by atomic mass is 16.5. The second-order valence-electron chi connectivity index (χ2n) is 6.08. The van der Waals surface area contributed by atoms with Gasteiger partial charge in [-0.05, 0) is 47.5 Å². The fraction of sp³-hybridized carbons (Fsp3) is 0.143. The minimum Gasteiger partial charge on any atom is -0.508 e. The number of hydrogen-bond acceptors (Lipinski definition) is 8. The molecular weight excluding hydrogens is 372 g/mol. The molecule has 0 saturated carbocycles. The topological polar surface area (TPSA) is 144 Å². The molecule has 0 bridgehead atoms. The average Bonchev–Trinajstić information content (AvgIpc) is 2.72. The number of aromatic hydroxyl groups is 2. The van der Waals surface area contributed by atoms with Crippen LogP contribution >= 0.6 is 0 Å². The van der Waals surface area contributed by atoms with E-state index in [4.69, 9.17) is 16.0 Å². The smallest absolute Gasteiger partial charge is 0.161 e. The third kappa shape index (κ3) is 6.49. The molecule has 7 N–H and O–H groups in total. The van der Waals surface area contributed by atoms with Crippen molar-refractivity contribution >= 4 is 23.6 Å². The number of nitrogens with one attached hydrogen (secondary N) is 2. The number of nitrogens with zero attached hydrogens (tertiary/aromatic N) is 1. The van der Waals surface area contributed by atoms with Crippen LogP contribution in [0, 0.1) is 5.41 Å². The number of ether oxygens (including phenoxy) is 1. The highest BCUT2D eigenvalue weighted by molar-refractivity contribution is 6.14. The molecule has 152 valence electrons. The molecule has 0 aliphatic rings. The van der Waals surface area contributed by atoms with Gasteiger partial charge in [0, 0.05) is 17.7 Å². The fourth-order valence-corrected chi connectivity index (χ4v) is 2.50. The molecule has 2 aromatic carbocycles. The van der Waals surface area contributed by atoms with Crippen LogP contribution < -0.4 is 16.1 Å². The lowest BCUT2D eigenvalue weighted by Crippen LogP contribution is -2.17. The standard InChI is InChI=1S/C21H24N4O4/c1-29-21-11-15(5-9-20(21)28)3-7-18(24-25-23)12-17(22)6-2-14-4-8-19(27)16(10-14)13-26/h2-11,22,25-28H,12-13,23H2,1H3/b6-2+,7-3+,22-17?,24-18-. The van der Waals surface area contributed by atoms with E-state index in [1.165, 1.54) is 19.2 Å². The maximum atomic E-state index is 9.65. The summed E-state index contributed by atoms with van der Waals surface area (Å²) in [7, 11) is 1.47. The van der Waals surface area contributed by atoms with Crippen LogP contribution in [0.1, 0.15) is 23.1 Å². The summed E-state index contributed by atoms with van der Waals surface area (Å²) in [5, 5.41) is 40.6. The Balaban J connectivity index is 2.08. The quantitative estimate of drug-likeness (QED) is 0.218. The van der Waals surface area contributed by atoms with E-state index in [-0.39, 0.29) is 30.2 Å². The minimum atomic E-state index is -0.267. The van der Waals surface area contributed by atoms with Crippen LogP contribution in [0.2, 0.25) is 0 Å². The third-order valence-corrected chi connectivity index (χ3v) is 4.00. The predicted octanol–water partition coefficient (Wildman–Crippen LogP) is 2.55. The van der Waals surface area contributed by atoms with Gasteiger partial charge in [-0.1, -0.05) is 24.3 Å². The maximum absolute atomic E-state index is 9.65. The van der Waals surface area contributed by atoms with Gasteiger partial charge in [-0.3, -0.25) is 0 Å². The molecule has 29 heavy (non-hydrogen) atoms. The Morgan fingerprint density at radius 2 is 1.76 bits per heavy atom. The van der Waals surface area contributed by atoms with Gasteiger partial charge in [-0.2, -0.15) is 5.10 Å². The SMILES string of the molecule is COc1cc(/C=C/C(CC(=N)/C=C/c2ccc(O)c(CO)c2)=N/NN)ccc1O. The highest BCUT2D eigenvalue weighted by Crippen LogP contribution is 2.26. The first-order valence-electron chi connectivity index (χ1n) is 8.72. The molecule has 8 nitrogen and oxygen atoms in total. The molecule has 2 rings (SSSR count). The summed E-state index contributed by atoms with van der Waals surface area (Å²) in [6.07, 6.45) is 7.01. The van der Waals surface area contributed by atoms with E-state index >= 15 is 0 Å². The zero-order valence-electron chi connectivity index (χ0n) is 16.0. The molecule has 8 heteroatoms. The first kappa shape index (κ1) is 21.7. The lowest BCUT2D eigenvalue weighted by atomic mass is 10.1. The Morgan fingerprint density at radius 1 is 1.10 bits per heavy atom. The Hall–Kier alpha value is -3.62. The van der Waals surface area contributed by atoms with Crippen LogP contribution in [0.4, 0.5) is 0 Å². The second kappa shape index (κ2) is 10.6. The van der Waals surface area contributed by atoms with Crippen LogP contribution in [0.25, 0.3) is 12.2 Å². The number of allylic oxidation sites excluding steroid dienone is 2. The van der Waals surface area contributed by atoms with Crippen LogP contribution in [-0.4, -0.2) is 33.9 Å². The van der Waals surface area contributed by atoms with Crippen molar-refractivity contribution in [1.82, 2.24) is 5.53 Å². The monoisotopic (exact) mass is 396 g/mol. The predicted molar refractivity (Wildman–Crippen MR) is 114 cm³/mol. The molecule has 0 unspecified atom stereocenters. The van der Waals surface area contributed by atoms with Gasteiger partial charge in [0.2, 0.25) is 0 Å². The molecule has 0 radical (unpaired) electrons. The number of nitrogens with two attached hydrogens (primary N) is 1. The average molecular weight is 396 g/mol. The van der Waals surface area contributed by atoms with E-state index in [0.29, 0.717) is 17.0 Å². The van der Waals surface area contributed by atoms with Gasteiger partial charge >= 0.3 is 0 Å².